The molecule has 1 aliphatic rings. The first-order chi connectivity index (χ1) is 10.0. The predicted molar refractivity (Wildman–Crippen MR) is 76.3 cm³/mol. The molecule has 2 heterocycles. The van der Waals surface area contributed by atoms with E-state index in [1.807, 2.05) is 0 Å². The number of hydrogen-bond acceptors (Lipinski definition) is 4. The van der Waals surface area contributed by atoms with Gasteiger partial charge in [-0.15, -0.1) is 0 Å². The highest BCUT2D eigenvalue weighted by molar-refractivity contribution is 6.34. The zero-order valence-corrected chi connectivity index (χ0v) is 11.7. The SMILES string of the molecule is NC1(c2ncc(-c3nc4cc(F)cc(Cl)c4o3)[nH]2)CCC1. The van der Waals surface area contributed by atoms with E-state index in [0.717, 1.165) is 25.1 Å². The Bertz CT molecular complexity index is 837. The summed E-state index contributed by atoms with van der Waals surface area (Å²) in [6, 6.07) is 2.47. The van der Waals surface area contributed by atoms with Gasteiger partial charge in [-0.25, -0.2) is 14.4 Å². The lowest BCUT2D eigenvalue weighted by Crippen LogP contribution is -2.44. The van der Waals surface area contributed by atoms with Crippen molar-refractivity contribution >= 4 is 22.7 Å². The van der Waals surface area contributed by atoms with Gasteiger partial charge in [0.1, 0.15) is 22.9 Å². The summed E-state index contributed by atoms with van der Waals surface area (Å²) in [5.74, 6) is 0.593. The minimum atomic E-state index is -0.451. The number of rotatable bonds is 2. The van der Waals surface area contributed by atoms with Crippen molar-refractivity contribution in [3.8, 4) is 11.6 Å². The van der Waals surface area contributed by atoms with Gasteiger partial charge < -0.3 is 15.1 Å². The van der Waals surface area contributed by atoms with Gasteiger partial charge in [-0.2, -0.15) is 0 Å². The highest BCUT2D eigenvalue weighted by atomic mass is 35.5. The molecular weight excluding hydrogens is 295 g/mol. The lowest BCUT2D eigenvalue weighted by molar-refractivity contribution is 0.240. The van der Waals surface area contributed by atoms with Gasteiger partial charge in [0.2, 0.25) is 5.89 Å². The average molecular weight is 307 g/mol. The van der Waals surface area contributed by atoms with E-state index in [0.29, 0.717) is 22.7 Å². The first-order valence-corrected chi connectivity index (χ1v) is 7.03. The number of nitrogens with zero attached hydrogens (tertiary/aromatic N) is 2. The number of nitrogens with one attached hydrogen (secondary N) is 1. The summed E-state index contributed by atoms with van der Waals surface area (Å²) in [7, 11) is 0. The van der Waals surface area contributed by atoms with Crippen LogP contribution in [0.4, 0.5) is 4.39 Å². The third-order valence-corrected chi connectivity index (χ3v) is 4.21. The van der Waals surface area contributed by atoms with E-state index in [-0.39, 0.29) is 10.6 Å². The third-order valence-electron chi connectivity index (χ3n) is 3.93. The highest BCUT2D eigenvalue weighted by Gasteiger charge is 2.37. The number of aromatic amines is 1. The standard InChI is InChI=1S/C14H12ClFN4O/c15-8-4-7(16)5-9-11(8)21-12(19-9)10-6-18-13(20-10)14(17)2-1-3-14/h4-6H,1-3,17H2,(H,18,20). The first kappa shape index (κ1) is 12.8. The van der Waals surface area contributed by atoms with Crippen molar-refractivity contribution in [2.24, 2.45) is 5.73 Å². The zero-order chi connectivity index (χ0) is 14.6. The molecule has 1 aromatic carbocycles. The maximum atomic E-state index is 13.3. The molecule has 21 heavy (non-hydrogen) atoms. The van der Waals surface area contributed by atoms with Crippen molar-refractivity contribution in [2.75, 3.05) is 0 Å². The van der Waals surface area contributed by atoms with Crippen LogP contribution in [0.25, 0.3) is 22.7 Å². The summed E-state index contributed by atoms with van der Waals surface area (Å²) in [4.78, 5) is 11.7. The van der Waals surface area contributed by atoms with Gasteiger partial charge >= 0.3 is 0 Å². The number of oxazole rings is 1. The summed E-state index contributed by atoms with van der Waals surface area (Å²) in [6.07, 6.45) is 4.54. The molecular formula is C14H12ClFN4O. The molecule has 4 rings (SSSR count). The Kier molecular flexibility index (Phi) is 2.61. The van der Waals surface area contributed by atoms with Gasteiger partial charge in [-0.1, -0.05) is 11.6 Å². The first-order valence-electron chi connectivity index (χ1n) is 6.65. The smallest absolute Gasteiger partial charge is 0.245 e. The number of imidazole rings is 1. The van der Waals surface area contributed by atoms with Crippen molar-refractivity contribution < 1.29 is 8.81 Å². The predicted octanol–water partition coefficient (Wildman–Crippen LogP) is 3.35. The van der Waals surface area contributed by atoms with Crippen LogP contribution in [-0.4, -0.2) is 15.0 Å². The van der Waals surface area contributed by atoms with Crippen LogP contribution < -0.4 is 5.73 Å². The van der Waals surface area contributed by atoms with E-state index < -0.39 is 5.82 Å². The van der Waals surface area contributed by atoms with Crippen molar-refractivity contribution in [1.29, 1.82) is 0 Å². The molecule has 0 aliphatic heterocycles. The van der Waals surface area contributed by atoms with Crippen LogP contribution in [0, 0.1) is 5.82 Å². The number of halogens is 2. The highest BCUT2D eigenvalue weighted by Crippen LogP contribution is 2.38. The summed E-state index contributed by atoms with van der Waals surface area (Å²) in [5.41, 5.74) is 7.17. The average Bonchev–Trinajstić information content (AvgIpc) is 3.01. The molecule has 0 radical (unpaired) electrons. The van der Waals surface area contributed by atoms with Gasteiger partial charge in [0.15, 0.2) is 5.58 Å². The Hall–Kier alpha value is -1.92. The van der Waals surface area contributed by atoms with E-state index in [1.165, 1.54) is 12.1 Å². The van der Waals surface area contributed by atoms with Crippen LogP contribution in [0.5, 0.6) is 0 Å². The normalized spacial score (nSPS) is 17.1. The summed E-state index contributed by atoms with van der Waals surface area (Å²) in [6.45, 7) is 0. The second-order valence-electron chi connectivity index (χ2n) is 5.41. The van der Waals surface area contributed by atoms with E-state index >= 15 is 0 Å². The molecule has 2 aromatic heterocycles. The fourth-order valence-electron chi connectivity index (χ4n) is 2.55. The summed E-state index contributed by atoms with van der Waals surface area (Å²) in [5, 5.41) is 0.192. The Morgan fingerprint density at radius 3 is 2.90 bits per heavy atom. The van der Waals surface area contributed by atoms with Gasteiger partial charge in [-0.3, -0.25) is 0 Å². The van der Waals surface area contributed by atoms with E-state index in [2.05, 4.69) is 15.0 Å². The van der Waals surface area contributed by atoms with Crippen LogP contribution in [0.1, 0.15) is 25.1 Å². The molecule has 0 atom stereocenters. The third kappa shape index (κ3) is 1.94. The van der Waals surface area contributed by atoms with Crippen LogP contribution in [-0.2, 0) is 5.54 Å². The van der Waals surface area contributed by atoms with Gasteiger partial charge in [-0.05, 0) is 25.3 Å². The number of aromatic nitrogens is 3. The van der Waals surface area contributed by atoms with Crippen LogP contribution in [0.15, 0.2) is 22.7 Å². The Morgan fingerprint density at radius 2 is 2.19 bits per heavy atom. The fourth-order valence-corrected chi connectivity index (χ4v) is 2.79. The molecule has 5 nitrogen and oxygen atoms in total. The van der Waals surface area contributed by atoms with Gasteiger partial charge in [0.05, 0.1) is 16.8 Å². The van der Waals surface area contributed by atoms with Crippen LogP contribution >= 0.6 is 11.6 Å². The number of nitrogens with two attached hydrogens (primary N) is 1. The lowest BCUT2D eigenvalue weighted by Gasteiger charge is -2.35. The van der Waals surface area contributed by atoms with E-state index in [4.69, 9.17) is 21.8 Å². The van der Waals surface area contributed by atoms with Gasteiger partial charge in [0, 0.05) is 6.07 Å². The van der Waals surface area contributed by atoms with E-state index in [1.54, 1.807) is 6.20 Å². The monoisotopic (exact) mass is 306 g/mol. The molecule has 3 N–H and O–H groups in total. The van der Waals surface area contributed by atoms with Crippen LogP contribution in [0.2, 0.25) is 5.02 Å². The minimum Gasteiger partial charge on any atom is -0.433 e. The molecule has 0 unspecified atom stereocenters. The molecule has 1 saturated carbocycles. The molecule has 3 aromatic rings. The van der Waals surface area contributed by atoms with Crippen molar-refractivity contribution in [2.45, 2.75) is 24.8 Å². The van der Waals surface area contributed by atoms with Crippen molar-refractivity contribution in [1.82, 2.24) is 15.0 Å². The molecule has 7 heteroatoms. The maximum Gasteiger partial charge on any atom is 0.245 e. The molecule has 0 bridgehead atoms. The fraction of sp³-hybridized carbons (Fsp3) is 0.286. The minimum absolute atomic E-state index is 0.192. The Morgan fingerprint density at radius 1 is 1.38 bits per heavy atom. The quantitative estimate of drug-likeness (QED) is 0.761. The summed E-state index contributed by atoms with van der Waals surface area (Å²) >= 11 is 5.95. The molecule has 1 aliphatic carbocycles. The molecule has 1 fully saturated rings. The largest absolute Gasteiger partial charge is 0.433 e. The van der Waals surface area contributed by atoms with Crippen molar-refractivity contribution in [3.05, 3.63) is 35.0 Å². The van der Waals surface area contributed by atoms with Crippen molar-refractivity contribution in [3.63, 3.8) is 0 Å². The van der Waals surface area contributed by atoms with Gasteiger partial charge in [0.25, 0.3) is 0 Å². The Labute approximate surface area is 124 Å². The van der Waals surface area contributed by atoms with Crippen LogP contribution in [0.3, 0.4) is 0 Å². The molecule has 0 spiro atoms. The second kappa shape index (κ2) is 4.29. The number of H-pyrrole nitrogens is 1. The molecule has 108 valence electrons. The second-order valence-corrected chi connectivity index (χ2v) is 5.82. The number of benzene rings is 1. The lowest BCUT2D eigenvalue weighted by atomic mass is 9.77. The number of hydrogen-bond donors (Lipinski definition) is 2. The van der Waals surface area contributed by atoms with E-state index in [9.17, 15) is 4.39 Å². The Balaban J connectivity index is 1.78. The molecule has 0 amide bonds. The summed E-state index contributed by atoms with van der Waals surface area (Å²) < 4.78 is 18.9. The topological polar surface area (TPSA) is 80.7 Å². The molecule has 0 saturated heterocycles. The maximum absolute atomic E-state index is 13.3. The zero-order valence-electron chi connectivity index (χ0n) is 11.0. The number of fused-ring (bicyclic) bond motifs is 1.